The minimum Gasteiger partial charge on any atom is -0.358 e. The zero-order valence-electron chi connectivity index (χ0n) is 12.4. The monoisotopic (exact) mass is 274 g/mol. The van der Waals surface area contributed by atoms with Gasteiger partial charge >= 0.3 is 0 Å². The molecule has 0 saturated carbocycles. The Balaban J connectivity index is 2.07. The van der Waals surface area contributed by atoms with E-state index in [-0.39, 0.29) is 17.7 Å². The number of hydrogen-bond donors (Lipinski definition) is 1. The second kappa shape index (κ2) is 6.18. The van der Waals surface area contributed by atoms with Crippen molar-refractivity contribution in [3.05, 3.63) is 34.9 Å². The van der Waals surface area contributed by atoms with Crippen molar-refractivity contribution in [2.45, 2.75) is 32.7 Å². The number of aryl methyl sites for hydroxylation is 2. The second-order valence-corrected chi connectivity index (χ2v) is 5.46. The quantitative estimate of drug-likeness (QED) is 0.850. The molecule has 2 rings (SSSR count). The van der Waals surface area contributed by atoms with Gasteiger partial charge in [-0.05, 0) is 50.4 Å². The molecule has 1 aromatic carbocycles. The summed E-state index contributed by atoms with van der Waals surface area (Å²) in [6.07, 6.45) is 1.80. The molecule has 4 nitrogen and oxygen atoms in total. The van der Waals surface area contributed by atoms with Gasteiger partial charge in [0.1, 0.15) is 0 Å². The van der Waals surface area contributed by atoms with Gasteiger partial charge in [-0.2, -0.15) is 0 Å². The Kier molecular flexibility index (Phi) is 4.55. The van der Waals surface area contributed by atoms with Crippen molar-refractivity contribution < 1.29 is 9.59 Å². The van der Waals surface area contributed by atoms with Gasteiger partial charge in [-0.25, -0.2) is 0 Å². The summed E-state index contributed by atoms with van der Waals surface area (Å²) in [6.45, 7) is 5.18. The van der Waals surface area contributed by atoms with Crippen LogP contribution in [0, 0.1) is 13.8 Å². The lowest BCUT2D eigenvalue weighted by molar-refractivity contribution is -0.124. The van der Waals surface area contributed by atoms with Crippen LogP contribution in [0.1, 0.15) is 34.3 Å². The number of likely N-dealkylation sites (N-methyl/N-ethyl adjacent to an activating group) is 1. The zero-order chi connectivity index (χ0) is 14.7. The number of ketones is 1. The van der Waals surface area contributed by atoms with Gasteiger partial charge in [0.15, 0.2) is 5.78 Å². The molecule has 4 heteroatoms. The summed E-state index contributed by atoms with van der Waals surface area (Å²) in [5.41, 5.74) is 3.04. The second-order valence-electron chi connectivity index (χ2n) is 5.46. The van der Waals surface area contributed by atoms with Gasteiger partial charge in [0.05, 0.1) is 12.6 Å². The third-order valence-corrected chi connectivity index (χ3v) is 4.09. The molecule has 1 fully saturated rings. The molecule has 108 valence electrons. The summed E-state index contributed by atoms with van der Waals surface area (Å²) in [6, 6.07) is 5.62. The number of benzene rings is 1. The van der Waals surface area contributed by atoms with Crippen molar-refractivity contribution in [3.8, 4) is 0 Å². The molecular weight excluding hydrogens is 252 g/mol. The van der Waals surface area contributed by atoms with Crippen LogP contribution in [0.3, 0.4) is 0 Å². The Morgan fingerprint density at radius 1 is 1.30 bits per heavy atom. The molecule has 1 aliphatic heterocycles. The number of nitrogens with zero attached hydrogens (tertiary/aromatic N) is 1. The maximum Gasteiger partial charge on any atom is 0.237 e. The number of likely N-dealkylation sites (tertiary alicyclic amines) is 1. The van der Waals surface area contributed by atoms with Gasteiger partial charge in [-0.15, -0.1) is 0 Å². The molecule has 0 radical (unpaired) electrons. The van der Waals surface area contributed by atoms with Crippen molar-refractivity contribution in [3.63, 3.8) is 0 Å². The molecular formula is C16H22N2O2. The lowest BCUT2D eigenvalue weighted by atomic mass is 10.0. The predicted molar refractivity (Wildman–Crippen MR) is 78.9 cm³/mol. The first-order valence-electron chi connectivity index (χ1n) is 7.09. The van der Waals surface area contributed by atoms with E-state index in [1.54, 1.807) is 7.05 Å². The first-order chi connectivity index (χ1) is 9.52. The topological polar surface area (TPSA) is 49.4 Å². The maximum absolute atomic E-state index is 12.3. The number of hydrogen-bond acceptors (Lipinski definition) is 3. The number of rotatable bonds is 4. The Bertz CT molecular complexity index is 525. The van der Waals surface area contributed by atoms with Gasteiger partial charge in [-0.1, -0.05) is 12.1 Å². The summed E-state index contributed by atoms with van der Waals surface area (Å²) in [5, 5.41) is 2.67. The third-order valence-electron chi connectivity index (χ3n) is 4.09. The van der Waals surface area contributed by atoms with E-state index in [0.29, 0.717) is 6.54 Å². The fraction of sp³-hybridized carbons (Fsp3) is 0.500. The molecule has 0 bridgehead atoms. The van der Waals surface area contributed by atoms with Crippen molar-refractivity contribution in [1.82, 2.24) is 10.2 Å². The lowest BCUT2D eigenvalue weighted by Gasteiger charge is -2.22. The molecule has 1 saturated heterocycles. The summed E-state index contributed by atoms with van der Waals surface area (Å²) < 4.78 is 0. The molecule has 0 spiro atoms. The molecule has 1 aliphatic rings. The van der Waals surface area contributed by atoms with Crippen molar-refractivity contribution in [2.24, 2.45) is 0 Å². The van der Waals surface area contributed by atoms with E-state index in [1.165, 1.54) is 5.56 Å². The van der Waals surface area contributed by atoms with Gasteiger partial charge in [0.2, 0.25) is 5.91 Å². The van der Waals surface area contributed by atoms with Crippen LogP contribution in [0.5, 0.6) is 0 Å². The van der Waals surface area contributed by atoms with Crippen molar-refractivity contribution >= 4 is 11.7 Å². The molecule has 1 aromatic rings. The number of carbonyl (C=O) groups is 2. The molecule has 1 N–H and O–H groups in total. The van der Waals surface area contributed by atoms with E-state index in [9.17, 15) is 9.59 Å². The van der Waals surface area contributed by atoms with Crippen LogP contribution >= 0.6 is 0 Å². The van der Waals surface area contributed by atoms with E-state index in [1.807, 2.05) is 36.9 Å². The van der Waals surface area contributed by atoms with Crippen molar-refractivity contribution in [2.75, 3.05) is 20.1 Å². The normalized spacial score (nSPS) is 19.1. The molecule has 20 heavy (non-hydrogen) atoms. The zero-order valence-corrected chi connectivity index (χ0v) is 12.4. The first kappa shape index (κ1) is 14.7. The van der Waals surface area contributed by atoms with Crippen LogP contribution in [-0.2, 0) is 4.79 Å². The Morgan fingerprint density at radius 2 is 2.05 bits per heavy atom. The lowest BCUT2D eigenvalue weighted by Crippen LogP contribution is -2.44. The molecule has 1 amide bonds. The van der Waals surface area contributed by atoms with Gasteiger partial charge in [0, 0.05) is 12.6 Å². The average molecular weight is 274 g/mol. The minimum atomic E-state index is -0.157. The molecule has 1 atom stereocenters. The van der Waals surface area contributed by atoms with Crippen LogP contribution in [0.2, 0.25) is 0 Å². The molecule has 0 aromatic heterocycles. The van der Waals surface area contributed by atoms with Gasteiger partial charge < -0.3 is 5.32 Å². The highest BCUT2D eigenvalue weighted by Gasteiger charge is 2.31. The fourth-order valence-corrected chi connectivity index (χ4v) is 2.67. The molecule has 0 aliphatic carbocycles. The first-order valence-corrected chi connectivity index (χ1v) is 7.09. The SMILES string of the molecule is CNC(=O)C1CCCN1CC(=O)c1ccc(C)c(C)c1. The average Bonchev–Trinajstić information content (AvgIpc) is 2.89. The Hall–Kier alpha value is -1.68. The van der Waals surface area contributed by atoms with Gasteiger partial charge in [-0.3, -0.25) is 14.5 Å². The van der Waals surface area contributed by atoms with Crippen LogP contribution < -0.4 is 5.32 Å². The Labute approximate surface area is 120 Å². The summed E-state index contributed by atoms with van der Waals surface area (Å²) >= 11 is 0. The van der Waals surface area contributed by atoms with E-state index in [2.05, 4.69) is 5.32 Å². The summed E-state index contributed by atoms with van der Waals surface area (Å²) in [4.78, 5) is 26.1. The predicted octanol–water partition coefficient (Wildman–Crippen LogP) is 1.70. The van der Waals surface area contributed by atoms with E-state index in [4.69, 9.17) is 0 Å². The highest BCUT2D eigenvalue weighted by Crippen LogP contribution is 2.18. The number of carbonyl (C=O) groups excluding carboxylic acids is 2. The smallest absolute Gasteiger partial charge is 0.237 e. The highest BCUT2D eigenvalue weighted by molar-refractivity contribution is 5.98. The van der Waals surface area contributed by atoms with Crippen LogP contribution in [-0.4, -0.2) is 42.8 Å². The van der Waals surface area contributed by atoms with E-state index in [0.717, 1.165) is 30.5 Å². The van der Waals surface area contributed by atoms with Crippen molar-refractivity contribution in [1.29, 1.82) is 0 Å². The van der Waals surface area contributed by atoms with Crippen LogP contribution in [0.4, 0.5) is 0 Å². The fourth-order valence-electron chi connectivity index (χ4n) is 2.67. The largest absolute Gasteiger partial charge is 0.358 e. The standard InChI is InChI=1S/C16H22N2O2/c1-11-6-7-13(9-12(11)2)15(19)10-18-8-4-5-14(18)16(20)17-3/h6-7,9,14H,4-5,8,10H2,1-3H3,(H,17,20). The maximum atomic E-state index is 12.3. The van der Waals surface area contributed by atoms with Crippen LogP contribution in [0.15, 0.2) is 18.2 Å². The number of amides is 1. The van der Waals surface area contributed by atoms with E-state index < -0.39 is 0 Å². The number of Topliss-reactive ketones (excluding diaryl/α,β-unsaturated/α-hetero) is 1. The number of nitrogens with one attached hydrogen (secondary N) is 1. The van der Waals surface area contributed by atoms with Crippen LogP contribution in [0.25, 0.3) is 0 Å². The summed E-state index contributed by atoms with van der Waals surface area (Å²) in [5.74, 6) is 0.0966. The minimum absolute atomic E-state index is 0.00962. The Morgan fingerprint density at radius 3 is 2.70 bits per heavy atom. The summed E-state index contributed by atoms with van der Waals surface area (Å²) in [7, 11) is 1.64. The molecule has 1 unspecified atom stereocenters. The van der Waals surface area contributed by atoms with Gasteiger partial charge in [0.25, 0.3) is 0 Å². The molecule has 1 heterocycles. The highest BCUT2D eigenvalue weighted by atomic mass is 16.2. The van der Waals surface area contributed by atoms with E-state index >= 15 is 0 Å². The third kappa shape index (κ3) is 3.07.